The molecule has 2 rings (SSSR count). The summed E-state index contributed by atoms with van der Waals surface area (Å²) in [6.45, 7) is 0.765. The lowest BCUT2D eigenvalue weighted by molar-refractivity contribution is 0.431. The number of benzene rings is 1. The predicted octanol–water partition coefficient (Wildman–Crippen LogP) is 2.28. The molecule has 0 saturated carbocycles. The van der Waals surface area contributed by atoms with Gasteiger partial charge in [0.1, 0.15) is 5.82 Å². The highest BCUT2D eigenvalue weighted by Gasteiger charge is 2.17. The Balaban J connectivity index is 2.15. The largest absolute Gasteiger partial charge is 0.330 e. The highest BCUT2D eigenvalue weighted by molar-refractivity contribution is 5.30. The molecule has 1 aromatic rings. The van der Waals surface area contributed by atoms with Crippen molar-refractivity contribution in [3.8, 4) is 0 Å². The Morgan fingerprint density at radius 3 is 3.00 bits per heavy atom. The molecule has 0 bridgehead atoms. The summed E-state index contributed by atoms with van der Waals surface area (Å²) in [5, 5.41) is 0. The Labute approximate surface area is 84.1 Å². The van der Waals surface area contributed by atoms with E-state index in [0.29, 0.717) is 5.92 Å². The van der Waals surface area contributed by atoms with Crippen LogP contribution in [-0.2, 0) is 12.8 Å². The van der Waals surface area contributed by atoms with Gasteiger partial charge >= 0.3 is 0 Å². The normalized spacial score (nSPS) is 20.6. The van der Waals surface area contributed by atoms with Crippen molar-refractivity contribution in [2.75, 3.05) is 6.54 Å². The maximum atomic E-state index is 12.9. The van der Waals surface area contributed by atoms with Gasteiger partial charge in [-0.2, -0.15) is 0 Å². The van der Waals surface area contributed by atoms with Crippen molar-refractivity contribution >= 4 is 0 Å². The van der Waals surface area contributed by atoms with Crippen molar-refractivity contribution in [3.63, 3.8) is 0 Å². The van der Waals surface area contributed by atoms with Gasteiger partial charge in [-0.3, -0.25) is 0 Å². The lowest BCUT2D eigenvalue weighted by atomic mass is 9.82. The minimum Gasteiger partial charge on any atom is -0.330 e. The van der Waals surface area contributed by atoms with Crippen LogP contribution in [0.5, 0.6) is 0 Å². The number of hydrogen-bond acceptors (Lipinski definition) is 1. The minimum absolute atomic E-state index is 0.110. The first kappa shape index (κ1) is 9.66. The fraction of sp³-hybridized carbons (Fsp3) is 0.500. The van der Waals surface area contributed by atoms with E-state index >= 15 is 0 Å². The van der Waals surface area contributed by atoms with Crippen LogP contribution in [0.3, 0.4) is 0 Å². The van der Waals surface area contributed by atoms with E-state index in [2.05, 4.69) is 0 Å². The van der Waals surface area contributed by atoms with Crippen molar-refractivity contribution in [1.82, 2.24) is 0 Å². The van der Waals surface area contributed by atoms with E-state index in [1.54, 1.807) is 12.1 Å². The smallest absolute Gasteiger partial charge is 0.123 e. The first-order chi connectivity index (χ1) is 6.79. The maximum Gasteiger partial charge on any atom is 0.123 e. The zero-order valence-corrected chi connectivity index (χ0v) is 8.30. The molecular formula is C12H16FN. The Hall–Kier alpha value is -0.890. The Morgan fingerprint density at radius 1 is 1.36 bits per heavy atom. The maximum absolute atomic E-state index is 12.9. The molecule has 0 aliphatic heterocycles. The average molecular weight is 193 g/mol. The van der Waals surface area contributed by atoms with E-state index in [1.807, 2.05) is 6.07 Å². The molecule has 76 valence electrons. The predicted molar refractivity (Wildman–Crippen MR) is 55.6 cm³/mol. The summed E-state index contributed by atoms with van der Waals surface area (Å²) in [5.41, 5.74) is 8.05. The Kier molecular flexibility index (Phi) is 2.82. The van der Waals surface area contributed by atoms with Gasteiger partial charge in [-0.25, -0.2) is 4.39 Å². The molecule has 0 amide bonds. The zero-order valence-electron chi connectivity index (χ0n) is 8.30. The molecule has 1 aliphatic rings. The van der Waals surface area contributed by atoms with Crippen LogP contribution >= 0.6 is 0 Å². The summed E-state index contributed by atoms with van der Waals surface area (Å²) in [7, 11) is 0. The molecule has 2 heteroatoms. The number of aryl methyl sites for hydroxylation is 1. The second kappa shape index (κ2) is 4.09. The molecule has 14 heavy (non-hydrogen) atoms. The van der Waals surface area contributed by atoms with Gasteiger partial charge < -0.3 is 5.73 Å². The third-order valence-corrected chi connectivity index (χ3v) is 3.07. The van der Waals surface area contributed by atoms with Gasteiger partial charge in [0, 0.05) is 0 Å². The van der Waals surface area contributed by atoms with Crippen LogP contribution in [0.4, 0.5) is 4.39 Å². The lowest BCUT2D eigenvalue weighted by Gasteiger charge is -2.24. The Morgan fingerprint density at radius 2 is 2.21 bits per heavy atom. The van der Waals surface area contributed by atoms with E-state index in [1.165, 1.54) is 11.1 Å². The van der Waals surface area contributed by atoms with Crippen LogP contribution in [0.25, 0.3) is 0 Å². The van der Waals surface area contributed by atoms with Gasteiger partial charge in [-0.15, -0.1) is 0 Å². The molecule has 1 atom stereocenters. The first-order valence-corrected chi connectivity index (χ1v) is 5.27. The van der Waals surface area contributed by atoms with Crippen molar-refractivity contribution in [3.05, 3.63) is 35.1 Å². The van der Waals surface area contributed by atoms with Crippen LogP contribution in [0.1, 0.15) is 24.0 Å². The summed E-state index contributed by atoms with van der Waals surface area (Å²) >= 11 is 0. The molecule has 1 aliphatic carbocycles. The first-order valence-electron chi connectivity index (χ1n) is 5.27. The number of nitrogens with two attached hydrogens (primary N) is 1. The van der Waals surface area contributed by atoms with Gasteiger partial charge in [0.15, 0.2) is 0 Å². The summed E-state index contributed by atoms with van der Waals surface area (Å²) in [6.07, 6.45) is 4.34. The SMILES string of the molecule is NCCC1CCc2cc(F)ccc2C1. The molecule has 0 radical (unpaired) electrons. The van der Waals surface area contributed by atoms with Gasteiger partial charge in [0.05, 0.1) is 0 Å². The highest BCUT2D eigenvalue weighted by Crippen LogP contribution is 2.27. The van der Waals surface area contributed by atoms with Crippen LogP contribution < -0.4 is 5.73 Å². The van der Waals surface area contributed by atoms with E-state index < -0.39 is 0 Å². The quantitative estimate of drug-likeness (QED) is 0.766. The zero-order chi connectivity index (χ0) is 9.97. The molecule has 0 heterocycles. The van der Waals surface area contributed by atoms with Gasteiger partial charge in [-0.1, -0.05) is 6.07 Å². The summed E-state index contributed by atoms with van der Waals surface area (Å²) < 4.78 is 12.9. The van der Waals surface area contributed by atoms with Gasteiger partial charge in [-0.05, 0) is 61.4 Å². The van der Waals surface area contributed by atoms with Gasteiger partial charge in [0.2, 0.25) is 0 Å². The van der Waals surface area contributed by atoms with E-state index in [9.17, 15) is 4.39 Å². The highest BCUT2D eigenvalue weighted by atomic mass is 19.1. The second-order valence-corrected chi connectivity index (χ2v) is 4.10. The number of halogens is 1. The summed E-state index contributed by atoms with van der Waals surface area (Å²) in [5.74, 6) is 0.596. The van der Waals surface area contributed by atoms with Crippen LogP contribution in [0.2, 0.25) is 0 Å². The third kappa shape index (κ3) is 1.95. The lowest BCUT2D eigenvalue weighted by Crippen LogP contribution is -2.17. The third-order valence-electron chi connectivity index (χ3n) is 3.07. The van der Waals surface area contributed by atoms with E-state index in [-0.39, 0.29) is 5.82 Å². The van der Waals surface area contributed by atoms with E-state index in [0.717, 1.165) is 32.2 Å². The molecule has 0 fully saturated rings. The van der Waals surface area contributed by atoms with E-state index in [4.69, 9.17) is 5.73 Å². The molecule has 2 N–H and O–H groups in total. The standard InChI is InChI=1S/C12H16FN/c13-12-4-3-10-7-9(5-6-14)1-2-11(10)8-12/h3-4,8-9H,1-2,5-7,14H2. The minimum atomic E-state index is -0.110. The fourth-order valence-electron chi connectivity index (χ4n) is 2.28. The van der Waals surface area contributed by atoms with Crippen LogP contribution in [0.15, 0.2) is 18.2 Å². The summed E-state index contributed by atoms with van der Waals surface area (Å²) in [6, 6.07) is 5.16. The van der Waals surface area contributed by atoms with Crippen LogP contribution in [0, 0.1) is 11.7 Å². The molecule has 0 spiro atoms. The monoisotopic (exact) mass is 193 g/mol. The number of rotatable bonds is 2. The Bertz CT molecular complexity index is 322. The number of hydrogen-bond donors (Lipinski definition) is 1. The topological polar surface area (TPSA) is 26.0 Å². The van der Waals surface area contributed by atoms with Gasteiger partial charge in [0.25, 0.3) is 0 Å². The average Bonchev–Trinajstić information content (AvgIpc) is 2.19. The molecule has 1 nitrogen and oxygen atoms in total. The van der Waals surface area contributed by atoms with Crippen molar-refractivity contribution in [1.29, 1.82) is 0 Å². The number of fused-ring (bicyclic) bond motifs is 1. The molecule has 0 saturated heterocycles. The second-order valence-electron chi connectivity index (χ2n) is 4.10. The molecule has 1 unspecified atom stereocenters. The summed E-state index contributed by atoms with van der Waals surface area (Å²) in [4.78, 5) is 0. The van der Waals surface area contributed by atoms with Crippen molar-refractivity contribution < 1.29 is 4.39 Å². The fourth-order valence-corrected chi connectivity index (χ4v) is 2.28. The molecule has 0 aromatic heterocycles. The van der Waals surface area contributed by atoms with Crippen LogP contribution in [-0.4, -0.2) is 6.54 Å². The van der Waals surface area contributed by atoms with Crippen molar-refractivity contribution in [2.24, 2.45) is 11.7 Å². The molecule has 1 aromatic carbocycles. The van der Waals surface area contributed by atoms with Crippen molar-refractivity contribution in [2.45, 2.75) is 25.7 Å². The molecular weight excluding hydrogens is 177 g/mol.